The monoisotopic (exact) mass is 257 g/mol. The first-order valence-electron chi connectivity index (χ1n) is 5.71. The maximum atomic E-state index is 9.09. The number of aryl methyl sites for hydroxylation is 1. The zero-order chi connectivity index (χ0) is 13.1. The highest BCUT2D eigenvalue weighted by atomic mass is 35.5. The van der Waals surface area contributed by atoms with E-state index in [1.54, 1.807) is 0 Å². The molecular formula is C12H20ClN3O. The Labute approximate surface area is 107 Å². The summed E-state index contributed by atoms with van der Waals surface area (Å²) < 4.78 is 0. The molecule has 0 amide bonds. The third-order valence-corrected chi connectivity index (χ3v) is 2.78. The Morgan fingerprint density at radius 3 is 2.53 bits per heavy atom. The van der Waals surface area contributed by atoms with Gasteiger partial charge in [-0.25, -0.2) is 9.97 Å². The van der Waals surface area contributed by atoms with E-state index in [1.807, 2.05) is 13.0 Å². The second kappa shape index (κ2) is 5.65. The van der Waals surface area contributed by atoms with Crippen molar-refractivity contribution in [2.75, 3.05) is 11.9 Å². The van der Waals surface area contributed by atoms with Crippen molar-refractivity contribution in [2.24, 2.45) is 5.41 Å². The molecule has 5 heteroatoms. The quantitative estimate of drug-likeness (QED) is 0.815. The summed E-state index contributed by atoms with van der Waals surface area (Å²) in [5.41, 5.74) is 0.859. The third kappa shape index (κ3) is 4.48. The molecule has 0 saturated carbocycles. The number of hydrogen-bond donors (Lipinski definition) is 2. The number of halogens is 1. The number of rotatable bonds is 4. The van der Waals surface area contributed by atoms with E-state index in [9.17, 15) is 0 Å². The van der Waals surface area contributed by atoms with Crippen molar-refractivity contribution in [3.63, 3.8) is 0 Å². The average Bonchev–Trinajstić information content (AvgIpc) is 2.13. The normalized spacial score (nSPS) is 13.5. The molecular weight excluding hydrogens is 238 g/mol. The van der Waals surface area contributed by atoms with Crippen LogP contribution in [0.1, 0.15) is 32.9 Å². The van der Waals surface area contributed by atoms with Crippen LogP contribution in [0.3, 0.4) is 0 Å². The van der Waals surface area contributed by atoms with Gasteiger partial charge < -0.3 is 10.4 Å². The van der Waals surface area contributed by atoms with E-state index >= 15 is 0 Å². The Bertz CT molecular complexity index is 356. The van der Waals surface area contributed by atoms with Crippen LogP contribution in [0.25, 0.3) is 0 Å². The smallest absolute Gasteiger partial charge is 0.224 e. The van der Waals surface area contributed by atoms with Gasteiger partial charge in [0.05, 0.1) is 0 Å². The first-order valence-corrected chi connectivity index (χ1v) is 6.09. The zero-order valence-corrected chi connectivity index (χ0v) is 11.5. The minimum Gasteiger partial charge on any atom is -0.396 e. The minimum atomic E-state index is 0.0358. The van der Waals surface area contributed by atoms with E-state index < -0.39 is 0 Å². The molecule has 0 saturated heterocycles. The maximum absolute atomic E-state index is 9.09. The Hall–Kier alpha value is -0.870. The van der Waals surface area contributed by atoms with Crippen LogP contribution in [0, 0.1) is 12.3 Å². The lowest BCUT2D eigenvalue weighted by Gasteiger charge is -2.31. The van der Waals surface area contributed by atoms with Gasteiger partial charge in [0.25, 0.3) is 0 Å². The van der Waals surface area contributed by atoms with Crippen molar-refractivity contribution in [1.82, 2.24) is 9.97 Å². The van der Waals surface area contributed by atoms with Gasteiger partial charge in [-0.2, -0.15) is 0 Å². The SMILES string of the molecule is Cc1cc(NC(CCO)C(C)(C)C)nc(Cl)n1. The van der Waals surface area contributed by atoms with Crippen molar-refractivity contribution in [2.45, 2.75) is 40.2 Å². The molecule has 0 spiro atoms. The topological polar surface area (TPSA) is 58.0 Å². The summed E-state index contributed by atoms with van der Waals surface area (Å²) in [5, 5.41) is 12.6. The Morgan fingerprint density at radius 1 is 1.41 bits per heavy atom. The van der Waals surface area contributed by atoms with Gasteiger partial charge in [0.1, 0.15) is 5.82 Å². The Kier molecular flexibility index (Phi) is 4.71. The number of aliphatic hydroxyl groups is 1. The standard InChI is InChI=1S/C12H20ClN3O/c1-8-7-10(16-11(13)14-8)15-9(5-6-17)12(2,3)4/h7,9,17H,5-6H2,1-4H3,(H,14,15,16). The molecule has 0 aliphatic rings. The molecule has 0 fully saturated rings. The molecule has 4 nitrogen and oxygen atoms in total. The van der Waals surface area contributed by atoms with Gasteiger partial charge in [-0.15, -0.1) is 0 Å². The van der Waals surface area contributed by atoms with Crippen molar-refractivity contribution in [1.29, 1.82) is 0 Å². The lowest BCUT2D eigenvalue weighted by Crippen LogP contribution is -2.35. The highest BCUT2D eigenvalue weighted by Crippen LogP contribution is 2.25. The molecule has 0 aromatic carbocycles. The van der Waals surface area contributed by atoms with Crippen LogP contribution in [0.15, 0.2) is 6.07 Å². The molecule has 1 unspecified atom stereocenters. The van der Waals surface area contributed by atoms with E-state index in [0.717, 1.165) is 5.69 Å². The molecule has 0 radical (unpaired) electrons. The second-order valence-corrected chi connectivity index (χ2v) is 5.58. The number of nitrogens with zero attached hydrogens (tertiary/aromatic N) is 2. The largest absolute Gasteiger partial charge is 0.396 e. The van der Waals surface area contributed by atoms with Crippen LogP contribution >= 0.6 is 11.6 Å². The molecule has 1 rings (SSSR count). The fourth-order valence-electron chi connectivity index (χ4n) is 1.64. The molecule has 1 atom stereocenters. The summed E-state index contributed by atoms with van der Waals surface area (Å²) in [6.45, 7) is 8.38. The minimum absolute atomic E-state index is 0.0358. The lowest BCUT2D eigenvalue weighted by atomic mass is 9.85. The van der Waals surface area contributed by atoms with Crippen LogP contribution in [0.4, 0.5) is 5.82 Å². The summed E-state index contributed by atoms with van der Waals surface area (Å²) in [7, 11) is 0. The summed E-state index contributed by atoms with van der Waals surface area (Å²) in [5.74, 6) is 0.705. The summed E-state index contributed by atoms with van der Waals surface area (Å²) in [6.07, 6.45) is 0.671. The first kappa shape index (κ1) is 14.2. The molecule has 0 bridgehead atoms. The molecule has 1 aromatic heterocycles. The fourth-order valence-corrected chi connectivity index (χ4v) is 1.86. The predicted molar refractivity (Wildman–Crippen MR) is 70.3 cm³/mol. The summed E-state index contributed by atoms with van der Waals surface area (Å²) in [6, 6.07) is 1.99. The highest BCUT2D eigenvalue weighted by molar-refractivity contribution is 6.28. The highest BCUT2D eigenvalue weighted by Gasteiger charge is 2.24. The average molecular weight is 258 g/mol. The number of aliphatic hydroxyl groups excluding tert-OH is 1. The number of anilines is 1. The molecule has 0 aliphatic carbocycles. The fraction of sp³-hybridized carbons (Fsp3) is 0.667. The van der Waals surface area contributed by atoms with Gasteiger partial charge in [0.15, 0.2) is 0 Å². The second-order valence-electron chi connectivity index (χ2n) is 5.24. The van der Waals surface area contributed by atoms with Gasteiger partial charge >= 0.3 is 0 Å². The molecule has 1 aromatic rings. The van der Waals surface area contributed by atoms with Crippen LogP contribution < -0.4 is 5.32 Å². The lowest BCUT2D eigenvalue weighted by molar-refractivity contribution is 0.235. The van der Waals surface area contributed by atoms with Gasteiger partial charge in [-0.3, -0.25) is 0 Å². The van der Waals surface area contributed by atoms with Crippen molar-refractivity contribution in [3.05, 3.63) is 17.0 Å². The third-order valence-electron chi connectivity index (χ3n) is 2.61. The first-order chi connectivity index (χ1) is 7.82. The number of aromatic nitrogens is 2. The predicted octanol–water partition coefficient (Wildman–Crippen LogP) is 2.65. The van der Waals surface area contributed by atoms with Crippen molar-refractivity contribution >= 4 is 17.4 Å². The number of hydrogen-bond acceptors (Lipinski definition) is 4. The van der Waals surface area contributed by atoms with E-state index in [-0.39, 0.29) is 23.3 Å². The van der Waals surface area contributed by atoms with E-state index in [4.69, 9.17) is 16.7 Å². The van der Waals surface area contributed by atoms with Gasteiger partial charge in [-0.1, -0.05) is 20.8 Å². The van der Waals surface area contributed by atoms with Crippen molar-refractivity contribution < 1.29 is 5.11 Å². The Morgan fingerprint density at radius 2 is 2.06 bits per heavy atom. The van der Waals surface area contributed by atoms with Crippen LogP contribution in [0.2, 0.25) is 5.28 Å². The zero-order valence-electron chi connectivity index (χ0n) is 10.8. The van der Waals surface area contributed by atoms with E-state index in [1.165, 1.54) is 0 Å². The van der Waals surface area contributed by atoms with Crippen LogP contribution in [0.5, 0.6) is 0 Å². The van der Waals surface area contributed by atoms with Crippen LogP contribution in [-0.4, -0.2) is 27.7 Å². The summed E-state index contributed by atoms with van der Waals surface area (Å²) >= 11 is 5.81. The summed E-state index contributed by atoms with van der Waals surface area (Å²) in [4.78, 5) is 8.15. The molecule has 0 aliphatic heterocycles. The Balaban J connectivity index is 2.86. The van der Waals surface area contributed by atoms with E-state index in [2.05, 4.69) is 36.1 Å². The molecule has 2 N–H and O–H groups in total. The molecule has 96 valence electrons. The van der Waals surface area contributed by atoms with Crippen LogP contribution in [-0.2, 0) is 0 Å². The molecule has 1 heterocycles. The van der Waals surface area contributed by atoms with Gasteiger partial charge in [0.2, 0.25) is 5.28 Å². The maximum Gasteiger partial charge on any atom is 0.224 e. The van der Waals surface area contributed by atoms with Gasteiger partial charge in [0, 0.05) is 24.4 Å². The molecule has 17 heavy (non-hydrogen) atoms. The van der Waals surface area contributed by atoms with E-state index in [0.29, 0.717) is 12.2 Å². The van der Waals surface area contributed by atoms with Gasteiger partial charge in [-0.05, 0) is 30.4 Å². The van der Waals surface area contributed by atoms with Crippen molar-refractivity contribution in [3.8, 4) is 0 Å². The number of nitrogens with one attached hydrogen (secondary N) is 1.